The second-order valence-electron chi connectivity index (χ2n) is 3.67. The molecule has 0 aromatic carbocycles. The molecule has 5 nitrogen and oxygen atoms in total. The van der Waals surface area contributed by atoms with Crippen LogP contribution in [-0.2, 0) is 21.4 Å². The van der Waals surface area contributed by atoms with Crippen LogP contribution in [0.4, 0.5) is 0 Å². The zero-order valence-corrected chi connectivity index (χ0v) is 11.5. The standard InChI is InChI=1S/C10H17NO4S2/c1-8(3-5-15-2)11-17(13,14)10-4-6-16-9(10)7-12/h4,6,8,11-12H,3,5,7H2,1-2H3. The molecule has 0 saturated heterocycles. The van der Waals surface area contributed by atoms with E-state index >= 15 is 0 Å². The van der Waals surface area contributed by atoms with Gasteiger partial charge in [-0.05, 0) is 24.8 Å². The average Bonchev–Trinajstić information content (AvgIpc) is 2.74. The molecule has 1 heterocycles. The van der Waals surface area contributed by atoms with Gasteiger partial charge in [0.25, 0.3) is 0 Å². The van der Waals surface area contributed by atoms with Gasteiger partial charge in [0.15, 0.2) is 0 Å². The topological polar surface area (TPSA) is 75.6 Å². The highest BCUT2D eigenvalue weighted by Gasteiger charge is 2.21. The molecule has 1 unspecified atom stereocenters. The Morgan fingerprint density at radius 1 is 1.59 bits per heavy atom. The largest absolute Gasteiger partial charge is 0.391 e. The fraction of sp³-hybridized carbons (Fsp3) is 0.600. The molecule has 0 radical (unpaired) electrons. The number of ether oxygens (including phenoxy) is 1. The van der Waals surface area contributed by atoms with Crippen LogP contribution in [0.5, 0.6) is 0 Å². The molecule has 1 aromatic rings. The lowest BCUT2D eigenvalue weighted by molar-refractivity contribution is 0.188. The van der Waals surface area contributed by atoms with E-state index < -0.39 is 10.0 Å². The molecule has 1 atom stereocenters. The van der Waals surface area contributed by atoms with Gasteiger partial charge in [0.2, 0.25) is 10.0 Å². The molecule has 7 heteroatoms. The fourth-order valence-electron chi connectivity index (χ4n) is 1.37. The van der Waals surface area contributed by atoms with Gasteiger partial charge in [0, 0.05) is 24.6 Å². The number of aliphatic hydroxyl groups excluding tert-OH is 1. The normalized spacial score (nSPS) is 13.8. The lowest BCUT2D eigenvalue weighted by Crippen LogP contribution is -2.33. The number of thiophene rings is 1. The van der Waals surface area contributed by atoms with Crippen LogP contribution in [0, 0.1) is 0 Å². The van der Waals surface area contributed by atoms with Crippen molar-refractivity contribution in [2.75, 3.05) is 13.7 Å². The SMILES string of the molecule is COCCC(C)NS(=O)(=O)c1ccsc1CO. The Balaban J connectivity index is 2.75. The maximum Gasteiger partial charge on any atom is 0.242 e. The Morgan fingerprint density at radius 3 is 2.88 bits per heavy atom. The Kier molecular flexibility index (Phi) is 5.54. The molecule has 0 aliphatic carbocycles. The molecular formula is C10H17NO4S2. The molecular weight excluding hydrogens is 262 g/mol. The van der Waals surface area contributed by atoms with Gasteiger partial charge in [-0.3, -0.25) is 0 Å². The van der Waals surface area contributed by atoms with E-state index in [0.29, 0.717) is 17.9 Å². The van der Waals surface area contributed by atoms with E-state index in [-0.39, 0.29) is 17.5 Å². The minimum Gasteiger partial charge on any atom is -0.391 e. The summed E-state index contributed by atoms with van der Waals surface area (Å²) in [4.78, 5) is 0.616. The maximum atomic E-state index is 12.0. The van der Waals surface area contributed by atoms with Crippen molar-refractivity contribution in [2.45, 2.75) is 30.9 Å². The highest BCUT2D eigenvalue weighted by molar-refractivity contribution is 7.89. The van der Waals surface area contributed by atoms with E-state index in [1.165, 1.54) is 17.4 Å². The van der Waals surface area contributed by atoms with Crippen LogP contribution < -0.4 is 4.72 Å². The van der Waals surface area contributed by atoms with Crippen LogP contribution in [0.2, 0.25) is 0 Å². The molecule has 1 rings (SSSR count). The van der Waals surface area contributed by atoms with Crippen molar-refractivity contribution < 1.29 is 18.3 Å². The number of hydrogen-bond acceptors (Lipinski definition) is 5. The van der Waals surface area contributed by atoms with Crippen molar-refractivity contribution in [1.29, 1.82) is 0 Å². The molecule has 98 valence electrons. The van der Waals surface area contributed by atoms with E-state index in [0.717, 1.165) is 0 Å². The summed E-state index contributed by atoms with van der Waals surface area (Å²) >= 11 is 1.23. The monoisotopic (exact) mass is 279 g/mol. The third-order valence-electron chi connectivity index (χ3n) is 2.25. The molecule has 0 fully saturated rings. The van der Waals surface area contributed by atoms with Gasteiger partial charge in [0.1, 0.15) is 0 Å². The summed E-state index contributed by atoms with van der Waals surface area (Å²) in [5.74, 6) is 0. The van der Waals surface area contributed by atoms with Crippen molar-refractivity contribution in [3.05, 3.63) is 16.3 Å². The number of nitrogens with one attached hydrogen (secondary N) is 1. The lowest BCUT2D eigenvalue weighted by Gasteiger charge is -2.13. The number of rotatable bonds is 7. The molecule has 0 saturated carbocycles. The van der Waals surface area contributed by atoms with Crippen molar-refractivity contribution in [1.82, 2.24) is 4.72 Å². The molecule has 17 heavy (non-hydrogen) atoms. The minimum atomic E-state index is -3.54. The van der Waals surface area contributed by atoms with E-state index in [1.807, 2.05) is 0 Å². The van der Waals surface area contributed by atoms with Gasteiger partial charge >= 0.3 is 0 Å². The van der Waals surface area contributed by atoms with Gasteiger partial charge in [-0.25, -0.2) is 13.1 Å². The quantitative estimate of drug-likeness (QED) is 0.779. The van der Waals surface area contributed by atoms with Crippen LogP contribution in [0.1, 0.15) is 18.2 Å². The zero-order valence-electron chi connectivity index (χ0n) is 9.84. The molecule has 0 aliphatic rings. The van der Waals surface area contributed by atoms with E-state index in [1.54, 1.807) is 19.4 Å². The Labute approximate surface area is 105 Å². The first-order valence-electron chi connectivity index (χ1n) is 5.19. The number of aliphatic hydroxyl groups is 1. The van der Waals surface area contributed by atoms with Crippen LogP contribution >= 0.6 is 11.3 Å². The Hall–Kier alpha value is -0.470. The van der Waals surface area contributed by atoms with Crippen LogP contribution in [0.3, 0.4) is 0 Å². The second-order valence-corrected chi connectivity index (χ2v) is 6.35. The molecule has 0 spiro atoms. The Morgan fingerprint density at radius 2 is 2.29 bits per heavy atom. The summed E-state index contributed by atoms with van der Waals surface area (Å²) in [6.45, 7) is 2.02. The van der Waals surface area contributed by atoms with Crippen LogP contribution in [0.15, 0.2) is 16.3 Å². The average molecular weight is 279 g/mol. The third-order valence-corrected chi connectivity index (χ3v) is 4.96. The first-order valence-corrected chi connectivity index (χ1v) is 7.56. The summed E-state index contributed by atoms with van der Waals surface area (Å²) in [7, 11) is -1.97. The lowest BCUT2D eigenvalue weighted by atomic mass is 10.3. The zero-order chi connectivity index (χ0) is 12.9. The predicted octanol–water partition coefficient (Wildman–Crippen LogP) is 0.944. The summed E-state index contributed by atoms with van der Waals surface area (Å²) in [6.07, 6.45) is 0.605. The molecule has 0 amide bonds. The van der Waals surface area contributed by atoms with Gasteiger partial charge in [0.05, 0.1) is 11.5 Å². The maximum absolute atomic E-state index is 12.0. The van der Waals surface area contributed by atoms with E-state index in [9.17, 15) is 8.42 Å². The summed E-state index contributed by atoms with van der Waals surface area (Å²) in [5.41, 5.74) is 0. The van der Waals surface area contributed by atoms with Crippen molar-refractivity contribution in [2.24, 2.45) is 0 Å². The first kappa shape index (κ1) is 14.6. The highest BCUT2D eigenvalue weighted by atomic mass is 32.2. The smallest absolute Gasteiger partial charge is 0.242 e. The number of sulfonamides is 1. The minimum absolute atomic E-state index is 0.161. The number of hydrogen-bond donors (Lipinski definition) is 2. The Bertz CT molecular complexity index is 441. The van der Waals surface area contributed by atoms with Crippen LogP contribution in [-0.4, -0.2) is 33.3 Å². The van der Waals surface area contributed by atoms with Crippen molar-refractivity contribution >= 4 is 21.4 Å². The van der Waals surface area contributed by atoms with Gasteiger partial charge in [-0.15, -0.1) is 11.3 Å². The van der Waals surface area contributed by atoms with Crippen LogP contribution in [0.25, 0.3) is 0 Å². The fourth-order valence-corrected chi connectivity index (χ4v) is 3.94. The molecule has 0 aliphatic heterocycles. The summed E-state index contributed by atoms with van der Waals surface area (Å²) in [6, 6.07) is 1.30. The van der Waals surface area contributed by atoms with E-state index in [2.05, 4.69) is 4.72 Å². The van der Waals surface area contributed by atoms with Gasteiger partial charge in [-0.2, -0.15) is 0 Å². The summed E-state index contributed by atoms with van der Waals surface area (Å²) in [5, 5.41) is 10.7. The molecule has 1 aromatic heterocycles. The summed E-state index contributed by atoms with van der Waals surface area (Å²) < 4.78 is 31.4. The van der Waals surface area contributed by atoms with Crippen molar-refractivity contribution in [3.63, 3.8) is 0 Å². The molecule has 0 bridgehead atoms. The predicted molar refractivity (Wildman–Crippen MR) is 66.5 cm³/mol. The highest BCUT2D eigenvalue weighted by Crippen LogP contribution is 2.22. The third kappa shape index (κ3) is 4.04. The van der Waals surface area contributed by atoms with Gasteiger partial charge < -0.3 is 9.84 Å². The first-order chi connectivity index (χ1) is 8.01. The van der Waals surface area contributed by atoms with Gasteiger partial charge in [-0.1, -0.05) is 0 Å². The number of methoxy groups -OCH3 is 1. The second kappa shape index (κ2) is 6.46. The van der Waals surface area contributed by atoms with E-state index in [4.69, 9.17) is 9.84 Å². The molecule has 2 N–H and O–H groups in total. The van der Waals surface area contributed by atoms with Crippen molar-refractivity contribution in [3.8, 4) is 0 Å².